The molecule has 3 rings (SSSR count). The molecule has 0 saturated carbocycles. The van der Waals surface area contributed by atoms with Crippen molar-refractivity contribution in [3.8, 4) is 5.75 Å². The van der Waals surface area contributed by atoms with E-state index in [4.69, 9.17) is 9.47 Å². The molecule has 2 aromatic rings. The molecule has 1 aliphatic heterocycles. The molecule has 0 radical (unpaired) electrons. The fraction of sp³-hybridized carbons (Fsp3) is 0.480. The fourth-order valence-corrected chi connectivity index (χ4v) is 3.95. The third-order valence-corrected chi connectivity index (χ3v) is 5.78. The van der Waals surface area contributed by atoms with E-state index in [0.717, 1.165) is 55.3 Å². The Morgan fingerprint density at radius 2 is 1.77 bits per heavy atom. The van der Waals surface area contributed by atoms with E-state index in [2.05, 4.69) is 43.1 Å². The van der Waals surface area contributed by atoms with Gasteiger partial charge in [0, 0.05) is 25.2 Å². The van der Waals surface area contributed by atoms with Gasteiger partial charge in [0.2, 0.25) is 0 Å². The zero-order chi connectivity index (χ0) is 21.7. The van der Waals surface area contributed by atoms with Gasteiger partial charge in [-0.2, -0.15) is 0 Å². The first-order valence-corrected chi connectivity index (χ1v) is 10.8. The van der Waals surface area contributed by atoms with E-state index in [1.807, 2.05) is 31.2 Å². The van der Waals surface area contributed by atoms with E-state index >= 15 is 0 Å². The molecule has 0 aromatic heterocycles. The summed E-state index contributed by atoms with van der Waals surface area (Å²) in [5.41, 5.74) is 5.30. The van der Waals surface area contributed by atoms with E-state index < -0.39 is 0 Å². The van der Waals surface area contributed by atoms with Crippen molar-refractivity contribution in [3.63, 3.8) is 0 Å². The van der Waals surface area contributed by atoms with Crippen molar-refractivity contribution in [3.05, 3.63) is 64.2 Å². The zero-order valence-electron chi connectivity index (χ0n) is 18.8. The number of ether oxygens (including phenoxy) is 2. The lowest BCUT2D eigenvalue weighted by Gasteiger charge is -2.26. The lowest BCUT2D eigenvalue weighted by molar-refractivity contribution is 0.0342. The van der Waals surface area contributed by atoms with Crippen LogP contribution in [-0.4, -0.2) is 44.2 Å². The Balaban J connectivity index is 1.67. The van der Waals surface area contributed by atoms with Gasteiger partial charge in [-0.25, -0.2) is 0 Å². The smallest absolute Gasteiger partial charge is 0.251 e. The Morgan fingerprint density at radius 3 is 2.37 bits per heavy atom. The topological polar surface area (TPSA) is 50.8 Å². The van der Waals surface area contributed by atoms with Gasteiger partial charge in [0.1, 0.15) is 5.75 Å². The molecule has 5 heteroatoms. The SMILES string of the molecule is COc1cc(C)c([C@H](C)NC(=O)c2ccc(CN3CCOCC3)cc2)cc1C(C)C. The van der Waals surface area contributed by atoms with E-state index in [0.29, 0.717) is 11.5 Å². The molecule has 0 aliphatic carbocycles. The third kappa shape index (κ3) is 5.41. The lowest BCUT2D eigenvalue weighted by atomic mass is 9.93. The van der Waals surface area contributed by atoms with Crippen LogP contribution in [0.3, 0.4) is 0 Å². The van der Waals surface area contributed by atoms with Crippen molar-refractivity contribution in [2.24, 2.45) is 0 Å². The highest BCUT2D eigenvalue weighted by atomic mass is 16.5. The molecule has 2 aromatic carbocycles. The average molecular weight is 411 g/mol. The molecule has 5 nitrogen and oxygen atoms in total. The van der Waals surface area contributed by atoms with E-state index in [1.54, 1.807) is 7.11 Å². The van der Waals surface area contributed by atoms with Gasteiger partial charge >= 0.3 is 0 Å². The van der Waals surface area contributed by atoms with Crippen LogP contribution in [-0.2, 0) is 11.3 Å². The quantitative estimate of drug-likeness (QED) is 0.733. The second kappa shape index (κ2) is 10.1. The summed E-state index contributed by atoms with van der Waals surface area (Å²) >= 11 is 0. The summed E-state index contributed by atoms with van der Waals surface area (Å²) in [4.78, 5) is 15.2. The van der Waals surface area contributed by atoms with Gasteiger partial charge in [-0.3, -0.25) is 9.69 Å². The van der Waals surface area contributed by atoms with E-state index in [-0.39, 0.29) is 11.9 Å². The van der Waals surface area contributed by atoms with Crippen LogP contribution in [0, 0.1) is 6.92 Å². The van der Waals surface area contributed by atoms with Crippen molar-refractivity contribution in [1.82, 2.24) is 10.2 Å². The predicted octanol–water partition coefficient (Wildman–Crippen LogP) is 4.45. The molecule has 1 amide bonds. The standard InChI is InChI=1S/C25H34N2O3/c1-17(2)22-15-23(18(3)14-24(22)29-5)19(4)26-25(28)21-8-6-20(7-9-21)16-27-10-12-30-13-11-27/h6-9,14-15,17,19H,10-13,16H2,1-5H3,(H,26,28)/t19-/m0/s1. The van der Waals surface area contributed by atoms with Crippen LogP contribution in [0.25, 0.3) is 0 Å². The lowest BCUT2D eigenvalue weighted by Crippen LogP contribution is -2.35. The van der Waals surface area contributed by atoms with Crippen LogP contribution >= 0.6 is 0 Å². The zero-order valence-corrected chi connectivity index (χ0v) is 18.8. The highest BCUT2D eigenvalue weighted by Crippen LogP contribution is 2.32. The molecule has 1 aliphatic rings. The first-order chi connectivity index (χ1) is 14.4. The van der Waals surface area contributed by atoms with E-state index in [1.165, 1.54) is 5.56 Å². The summed E-state index contributed by atoms with van der Waals surface area (Å²) in [6.45, 7) is 12.8. The Kier molecular flexibility index (Phi) is 7.51. The fourth-order valence-electron chi connectivity index (χ4n) is 3.95. The summed E-state index contributed by atoms with van der Waals surface area (Å²) in [5, 5.41) is 3.15. The molecule has 1 heterocycles. The Hall–Kier alpha value is -2.37. The number of amides is 1. The summed E-state index contributed by atoms with van der Waals surface area (Å²) < 4.78 is 10.9. The minimum absolute atomic E-state index is 0.0539. The average Bonchev–Trinajstić information content (AvgIpc) is 2.74. The molecular weight excluding hydrogens is 376 g/mol. The van der Waals surface area contributed by atoms with Gasteiger partial charge < -0.3 is 14.8 Å². The maximum Gasteiger partial charge on any atom is 0.251 e. The maximum atomic E-state index is 12.8. The van der Waals surface area contributed by atoms with Crippen LogP contribution < -0.4 is 10.1 Å². The van der Waals surface area contributed by atoms with Crippen LogP contribution in [0.5, 0.6) is 5.75 Å². The normalized spacial score (nSPS) is 15.8. The van der Waals surface area contributed by atoms with Crippen molar-refractivity contribution in [1.29, 1.82) is 0 Å². The summed E-state index contributed by atoms with van der Waals surface area (Å²) in [7, 11) is 1.70. The van der Waals surface area contributed by atoms with Crippen molar-refractivity contribution < 1.29 is 14.3 Å². The van der Waals surface area contributed by atoms with Crippen LogP contribution in [0.4, 0.5) is 0 Å². The molecule has 1 fully saturated rings. The van der Waals surface area contributed by atoms with Crippen molar-refractivity contribution in [2.75, 3.05) is 33.4 Å². The number of carbonyl (C=O) groups excluding carboxylic acids is 1. The number of rotatable bonds is 7. The van der Waals surface area contributed by atoms with Crippen LogP contribution in [0.15, 0.2) is 36.4 Å². The number of benzene rings is 2. The number of morpholine rings is 1. The second-order valence-corrected chi connectivity index (χ2v) is 8.39. The first-order valence-electron chi connectivity index (χ1n) is 10.8. The Morgan fingerprint density at radius 1 is 1.10 bits per heavy atom. The molecule has 1 atom stereocenters. The number of nitrogens with zero attached hydrogens (tertiary/aromatic N) is 1. The van der Waals surface area contributed by atoms with Gasteiger partial charge in [0.15, 0.2) is 0 Å². The molecule has 1 N–H and O–H groups in total. The highest BCUT2D eigenvalue weighted by molar-refractivity contribution is 5.94. The van der Waals surface area contributed by atoms with Crippen LogP contribution in [0.2, 0.25) is 0 Å². The number of hydrogen-bond acceptors (Lipinski definition) is 4. The molecule has 30 heavy (non-hydrogen) atoms. The molecule has 162 valence electrons. The number of carbonyl (C=O) groups is 1. The van der Waals surface area contributed by atoms with Gasteiger partial charge in [0.25, 0.3) is 5.91 Å². The molecular formula is C25H34N2O3. The Labute approximate surface area is 180 Å². The van der Waals surface area contributed by atoms with Gasteiger partial charge in [-0.05, 0) is 66.3 Å². The van der Waals surface area contributed by atoms with Crippen LogP contribution in [0.1, 0.15) is 65.3 Å². The monoisotopic (exact) mass is 410 g/mol. The maximum absolute atomic E-state index is 12.8. The van der Waals surface area contributed by atoms with Crippen molar-refractivity contribution in [2.45, 2.75) is 46.2 Å². The third-order valence-electron chi connectivity index (χ3n) is 5.78. The highest BCUT2D eigenvalue weighted by Gasteiger charge is 2.18. The number of nitrogens with one attached hydrogen (secondary N) is 1. The first kappa shape index (κ1) is 22.3. The Bertz CT molecular complexity index is 855. The van der Waals surface area contributed by atoms with Gasteiger partial charge in [0.05, 0.1) is 26.4 Å². The van der Waals surface area contributed by atoms with E-state index in [9.17, 15) is 4.79 Å². The second-order valence-electron chi connectivity index (χ2n) is 8.39. The number of methoxy groups -OCH3 is 1. The molecule has 0 bridgehead atoms. The minimum Gasteiger partial charge on any atom is -0.496 e. The minimum atomic E-state index is -0.0890. The predicted molar refractivity (Wildman–Crippen MR) is 120 cm³/mol. The molecule has 0 spiro atoms. The summed E-state index contributed by atoms with van der Waals surface area (Å²) in [6, 6.07) is 12.1. The summed E-state index contributed by atoms with van der Waals surface area (Å²) in [6.07, 6.45) is 0. The van der Waals surface area contributed by atoms with Crippen molar-refractivity contribution >= 4 is 5.91 Å². The molecule has 0 unspecified atom stereocenters. The summed E-state index contributed by atoms with van der Waals surface area (Å²) in [5.74, 6) is 1.20. The number of hydrogen-bond donors (Lipinski definition) is 1. The number of aryl methyl sites for hydroxylation is 1. The van der Waals surface area contributed by atoms with Gasteiger partial charge in [-0.15, -0.1) is 0 Å². The largest absolute Gasteiger partial charge is 0.496 e. The van der Waals surface area contributed by atoms with Gasteiger partial charge in [-0.1, -0.05) is 26.0 Å². The molecule has 1 saturated heterocycles.